The van der Waals surface area contributed by atoms with E-state index in [4.69, 9.17) is 9.40 Å². The first-order valence-corrected chi connectivity index (χ1v) is 12.4. The number of oxazole rings is 1. The van der Waals surface area contributed by atoms with E-state index in [0.717, 1.165) is 28.2 Å². The number of fused-ring (bicyclic) bond motifs is 5. The van der Waals surface area contributed by atoms with Crippen molar-refractivity contribution in [2.45, 2.75) is 0 Å². The van der Waals surface area contributed by atoms with Crippen molar-refractivity contribution in [1.82, 2.24) is 14.0 Å². The monoisotopic (exact) mass is 475 g/mol. The molecule has 0 spiro atoms. The summed E-state index contributed by atoms with van der Waals surface area (Å²) < 4.78 is 10.1. The summed E-state index contributed by atoms with van der Waals surface area (Å²) in [5.41, 5.74) is 7.65. The van der Waals surface area contributed by atoms with Crippen LogP contribution in [-0.4, -0.2) is 14.0 Å². The summed E-state index contributed by atoms with van der Waals surface area (Å²) >= 11 is 0. The smallest absolute Gasteiger partial charge is 0.306 e. The lowest BCUT2D eigenvalue weighted by atomic mass is 9.99. The third-order valence-corrected chi connectivity index (χ3v) is 7.29. The molecular formula is C33H21N3O. The maximum Gasteiger partial charge on any atom is 0.306 e. The zero-order valence-corrected chi connectivity index (χ0v) is 19.9. The Labute approximate surface area is 212 Å². The van der Waals surface area contributed by atoms with Gasteiger partial charge in [0.1, 0.15) is 12.0 Å². The normalized spacial score (nSPS) is 11.8. The minimum atomic E-state index is 0.587. The summed E-state index contributed by atoms with van der Waals surface area (Å²) in [6.07, 6.45) is 3.62. The molecule has 0 aliphatic carbocycles. The Morgan fingerprint density at radius 3 is 2.00 bits per heavy atom. The van der Waals surface area contributed by atoms with Crippen LogP contribution in [0.4, 0.5) is 0 Å². The van der Waals surface area contributed by atoms with Gasteiger partial charge in [-0.25, -0.2) is 0 Å². The van der Waals surface area contributed by atoms with E-state index in [0.29, 0.717) is 5.84 Å². The van der Waals surface area contributed by atoms with E-state index in [-0.39, 0.29) is 0 Å². The molecule has 0 N–H and O–H groups in total. The number of hydrogen-bond donors (Lipinski definition) is 0. The topological polar surface area (TPSA) is 35.4 Å². The van der Waals surface area contributed by atoms with Gasteiger partial charge in [0.15, 0.2) is 0 Å². The van der Waals surface area contributed by atoms with Crippen molar-refractivity contribution in [1.29, 1.82) is 0 Å². The Morgan fingerprint density at radius 2 is 1.24 bits per heavy atom. The van der Waals surface area contributed by atoms with Crippen molar-refractivity contribution >= 4 is 38.4 Å². The van der Waals surface area contributed by atoms with Crippen molar-refractivity contribution in [3.05, 3.63) is 128 Å². The van der Waals surface area contributed by atoms with Crippen LogP contribution >= 0.6 is 0 Å². The summed E-state index contributed by atoms with van der Waals surface area (Å²) in [5, 5.41) is 4.89. The molecule has 3 aromatic heterocycles. The van der Waals surface area contributed by atoms with Crippen LogP contribution in [0.15, 0.2) is 132 Å². The van der Waals surface area contributed by atoms with Crippen molar-refractivity contribution in [3.8, 4) is 28.2 Å². The lowest BCUT2D eigenvalue weighted by molar-refractivity contribution is 0.596. The Hall–Kier alpha value is -5.09. The highest BCUT2D eigenvalue weighted by Crippen LogP contribution is 2.38. The van der Waals surface area contributed by atoms with Gasteiger partial charge in [-0.05, 0) is 35.0 Å². The SMILES string of the molecule is c1ccc2c(-c3nc4occn4c3-c3ccc(-n4c5ccccc5c5ccccc54)cc3)cccc2c1. The van der Waals surface area contributed by atoms with E-state index in [1.54, 1.807) is 6.26 Å². The second kappa shape index (κ2) is 7.70. The predicted octanol–water partition coefficient (Wildman–Crippen LogP) is 8.51. The Balaban J connectivity index is 1.34. The molecular weight excluding hydrogens is 454 g/mol. The quantitative estimate of drug-likeness (QED) is 0.257. The van der Waals surface area contributed by atoms with Crippen molar-refractivity contribution in [2.24, 2.45) is 0 Å². The number of hydrogen-bond acceptors (Lipinski definition) is 2. The first-order valence-electron chi connectivity index (χ1n) is 12.4. The van der Waals surface area contributed by atoms with Gasteiger partial charge in [-0.2, -0.15) is 4.98 Å². The van der Waals surface area contributed by atoms with Gasteiger partial charge in [0, 0.05) is 33.8 Å². The largest absolute Gasteiger partial charge is 0.432 e. The Kier molecular flexibility index (Phi) is 4.19. The Morgan fingerprint density at radius 1 is 0.595 bits per heavy atom. The molecule has 0 bridgehead atoms. The third-order valence-electron chi connectivity index (χ3n) is 7.29. The van der Waals surface area contributed by atoms with Gasteiger partial charge >= 0.3 is 5.84 Å². The molecule has 3 heterocycles. The second-order valence-corrected chi connectivity index (χ2v) is 9.31. The van der Waals surface area contributed by atoms with Crippen molar-refractivity contribution in [3.63, 3.8) is 0 Å². The molecule has 8 rings (SSSR count). The summed E-state index contributed by atoms with van der Waals surface area (Å²) in [6, 6.07) is 40.7. The number of benzene rings is 5. The highest BCUT2D eigenvalue weighted by molar-refractivity contribution is 6.09. The maximum atomic E-state index is 5.72. The van der Waals surface area contributed by atoms with Crippen LogP contribution in [0.3, 0.4) is 0 Å². The number of nitrogens with zero attached hydrogens (tertiary/aromatic N) is 3. The number of rotatable bonds is 3. The highest BCUT2D eigenvalue weighted by atomic mass is 16.3. The van der Waals surface area contributed by atoms with Gasteiger partial charge < -0.3 is 8.98 Å². The standard InChI is InChI=1S/C33H21N3O/c1-2-10-25-22(8-1)9-7-13-28(25)31-32(35-20-21-37-33(35)34-31)23-16-18-24(19-17-23)36-29-14-5-3-11-26(29)27-12-4-6-15-30(27)36/h1-21H. The Bertz CT molecular complexity index is 2030. The van der Waals surface area contributed by atoms with E-state index in [2.05, 4.69) is 120 Å². The number of para-hydroxylation sites is 2. The summed E-state index contributed by atoms with van der Waals surface area (Å²) in [6.45, 7) is 0. The minimum Gasteiger partial charge on any atom is -0.432 e. The molecule has 0 amide bonds. The average Bonchev–Trinajstić information content (AvgIpc) is 3.65. The van der Waals surface area contributed by atoms with E-state index < -0.39 is 0 Å². The summed E-state index contributed by atoms with van der Waals surface area (Å²) in [5.74, 6) is 0.587. The minimum absolute atomic E-state index is 0.587. The van der Waals surface area contributed by atoms with E-state index >= 15 is 0 Å². The van der Waals surface area contributed by atoms with E-state index in [1.165, 1.54) is 32.6 Å². The molecule has 0 saturated carbocycles. The predicted molar refractivity (Wildman–Crippen MR) is 150 cm³/mol. The summed E-state index contributed by atoms with van der Waals surface area (Å²) in [4.78, 5) is 4.91. The van der Waals surface area contributed by atoms with Crippen LogP contribution < -0.4 is 0 Å². The molecule has 0 atom stereocenters. The van der Waals surface area contributed by atoms with Gasteiger partial charge in [-0.15, -0.1) is 0 Å². The first kappa shape index (κ1) is 20.1. The van der Waals surface area contributed by atoms with Crippen LogP contribution in [0.2, 0.25) is 0 Å². The molecule has 4 nitrogen and oxygen atoms in total. The fourth-order valence-electron chi connectivity index (χ4n) is 5.65. The summed E-state index contributed by atoms with van der Waals surface area (Å²) in [7, 11) is 0. The van der Waals surface area contributed by atoms with E-state index in [9.17, 15) is 0 Å². The maximum absolute atomic E-state index is 5.72. The van der Waals surface area contributed by atoms with Crippen molar-refractivity contribution in [2.75, 3.05) is 0 Å². The fourth-order valence-corrected chi connectivity index (χ4v) is 5.65. The first-order chi connectivity index (χ1) is 18.4. The number of imidazole rings is 1. The van der Waals surface area contributed by atoms with Gasteiger partial charge in [-0.3, -0.25) is 4.40 Å². The zero-order valence-electron chi connectivity index (χ0n) is 19.9. The van der Waals surface area contributed by atoms with Gasteiger partial charge in [0.2, 0.25) is 0 Å². The van der Waals surface area contributed by atoms with Gasteiger partial charge in [0.05, 0.1) is 16.7 Å². The molecule has 0 fully saturated rings. The fraction of sp³-hybridized carbons (Fsp3) is 0. The molecule has 0 radical (unpaired) electrons. The van der Waals surface area contributed by atoms with Gasteiger partial charge in [-0.1, -0.05) is 91.0 Å². The molecule has 8 aromatic rings. The molecule has 0 aliphatic heterocycles. The average molecular weight is 476 g/mol. The third kappa shape index (κ3) is 2.93. The van der Waals surface area contributed by atoms with Gasteiger partial charge in [0.25, 0.3) is 0 Å². The molecule has 5 aromatic carbocycles. The van der Waals surface area contributed by atoms with Crippen LogP contribution in [0.25, 0.3) is 66.6 Å². The van der Waals surface area contributed by atoms with Crippen LogP contribution in [-0.2, 0) is 0 Å². The van der Waals surface area contributed by atoms with Crippen LogP contribution in [0, 0.1) is 0 Å². The zero-order chi connectivity index (χ0) is 24.3. The highest BCUT2D eigenvalue weighted by Gasteiger charge is 2.20. The molecule has 174 valence electrons. The van der Waals surface area contributed by atoms with Crippen molar-refractivity contribution < 1.29 is 4.42 Å². The molecule has 4 heteroatoms. The second-order valence-electron chi connectivity index (χ2n) is 9.31. The number of aromatic nitrogens is 3. The van der Waals surface area contributed by atoms with E-state index in [1.807, 2.05) is 10.6 Å². The molecule has 0 unspecified atom stereocenters. The molecule has 37 heavy (non-hydrogen) atoms. The molecule has 0 saturated heterocycles. The molecule has 0 aliphatic rings. The van der Waals surface area contributed by atoms with Crippen LogP contribution in [0.5, 0.6) is 0 Å². The lowest BCUT2D eigenvalue weighted by Crippen LogP contribution is -1.94. The lowest BCUT2D eigenvalue weighted by Gasteiger charge is -2.11. The van der Waals surface area contributed by atoms with Crippen LogP contribution in [0.1, 0.15) is 0 Å².